The van der Waals surface area contributed by atoms with E-state index in [4.69, 9.17) is 0 Å². The molecule has 0 bridgehead atoms. The van der Waals surface area contributed by atoms with Gasteiger partial charge in [-0.3, -0.25) is 0 Å². The smallest absolute Gasteiger partial charge is 0.240 e. The Bertz CT molecular complexity index is 533. The van der Waals surface area contributed by atoms with Crippen molar-refractivity contribution in [1.82, 2.24) is 10.0 Å². The van der Waals surface area contributed by atoms with E-state index in [1.807, 2.05) is 20.0 Å². The van der Waals surface area contributed by atoms with E-state index in [2.05, 4.69) is 30.8 Å². The van der Waals surface area contributed by atoms with Crippen LogP contribution < -0.4 is 10.0 Å². The van der Waals surface area contributed by atoms with E-state index in [1.165, 1.54) is 0 Å². The van der Waals surface area contributed by atoms with E-state index in [1.54, 1.807) is 18.2 Å². The summed E-state index contributed by atoms with van der Waals surface area (Å²) in [5.74, 6) is 0. The number of hydrogen-bond donors (Lipinski definition) is 2. The number of nitrogens with one attached hydrogen (secondary N) is 2. The van der Waals surface area contributed by atoms with Crippen LogP contribution in [0.2, 0.25) is 0 Å². The van der Waals surface area contributed by atoms with Crippen LogP contribution in [0.15, 0.2) is 29.2 Å². The van der Waals surface area contributed by atoms with Gasteiger partial charge >= 0.3 is 0 Å². The van der Waals surface area contributed by atoms with Crippen molar-refractivity contribution >= 4 is 10.0 Å². The number of sulfonamides is 1. The van der Waals surface area contributed by atoms with Crippen LogP contribution in [-0.2, 0) is 10.0 Å². The molecule has 1 aromatic rings. The van der Waals surface area contributed by atoms with Crippen LogP contribution in [0.4, 0.5) is 0 Å². The summed E-state index contributed by atoms with van der Waals surface area (Å²) in [5, 5.41) is 3.11. The molecule has 0 saturated carbocycles. The first-order chi connectivity index (χ1) is 9.15. The van der Waals surface area contributed by atoms with E-state index in [0.717, 1.165) is 12.0 Å². The molecule has 0 aliphatic heterocycles. The van der Waals surface area contributed by atoms with E-state index >= 15 is 0 Å². The maximum Gasteiger partial charge on any atom is 0.240 e. The molecule has 0 radical (unpaired) electrons. The van der Waals surface area contributed by atoms with Gasteiger partial charge in [0.1, 0.15) is 0 Å². The minimum absolute atomic E-state index is 0.116. The third-order valence-electron chi connectivity index (χ3n) is 3.27. The molecule has 1 atom stereocenters. The van der Waals surface area contributed by atoms with E-state index in [-0.39, 0.29) is 11.5 Å². The lowest BCUT2D eigenvalue weighted by molar-refractivity contribution is 0.378. The first kappa shape index (κ1) is 17.1. The average molecular weight is 298 g/mol. The van der Waals surface area contributed by atoms with Gasteiger partial charge in [0, 0.05) is 12.6 Å². The minimum atomic E-state index is -3.42. The predicted molar refractivity (Wildman–Crippen MR) is 83.2 cm³/mol. The first-order valence-electron chi connectivity index (χ1n) is 6.92. The SMILES string of the molecule is CNC(C)c1cccc(S(=O)(=O)NCCC(C)(C)C)c1. The van der Waals surface area contributed by atoms with Crippen LogP contribution in [0.5, 0.6) is 0 Å². The Kier molecular flexibility index (Phi) is 5.74. The van der Waals surface area contributed by atoms with E-state index in [0.29, 0.717) is 11.4 Å². The van der Waals surface area contributed by atoms with Gasteiger partial charge in [-0.25, -0.2) is 13.1 Å². The fourth-order valence-corrected chi connectivity index (χ4v) is 2.85. The molecule has 1 rings (SSSR count). The van der Waals surface area contributed by atoms with Crippen molar-refractivity contribution < 1.29 is 8.42 Å². The second-order valence-corrected chi connectivity index (χ2v) is 8.06. The molecule has 0 heterocycles. The third-order valence-corrected chi connectivity index (χ3v) is 4.73. The summed E-state index contributed by atoms with van der Waals surface area (Å²) in [5.41, 5.74) is 1.08. The monoisotopic (exact) mass is 298 g/mol. The Morgan fingerprint density at radius 3 is 2.45 bits per heavy atom. The molecular weight excluding hydrogens is 272 g/mol. The zero-order valence-corrected chi connectivity index (χ0v) is 13.8. The maximum absolute atomic E-state index is 12.2. The highest BCUT2D eigenvalue weighted by Crippen LogP contribution is 2.19. The Labute approximate surface area is 123 Å². The summed E-state index contributed by atoms with van der Waals surface area (Å²) in [6.07, 6.45) is 0.804. The summed E-state index contributed by atoms with van der Waals surface area (Å²) < 4.78 is 27.2. The molecule has 1 aromatic carbocycles. The van der Waals surface area contributed by atoms with E-state index in [9.17, 15) is 8.42 Å². The van der Waals surface area contributed by atoms with Crippen molar-refractivity contribution in [3.63, 3.8) is 0 Å². The van der Waals surface area contributed by atoms with Crippen LogP contribution in [0.3, 0.4) is 0 Å². The summed E-state index contributed by atoms with van der Waals surface area (Å²) in [4.78, 5) is 0.325. The number of hydrogen-bond acceptors (Lipinski definition) is 3. The van der Waals surface area contributed by atoms with Gasteiger partial charge in [-0.1, -0.05) is 32.9 Å². The minimum Gasteiger partial charge on any atom is -0.313 e. The third kappa shape index (κ3) is 5.23. The lowest BCUT2D eigenvalue weighted by atomic mass is 9.93. The number of rotatable bonds is 6. The summed E-state index contributed by atoms with van der Waals surface area (Å²) in [6, 6.07) is 7.18. The molecule has 0 aliphatic carbocycles. The van der Waals surface area contributed by atoms with Crippen LogP contribution >= 0.6 is 0 Å². The van der Waals surface area contributed by atoms with Crippen molar-refractivity contribution in [3.05, 3.63) is 29.8 Å². The standard InChI is InChI=1S/C15H26N2O2S/c1-12(16-5)13-7-6-8-14(11-13)20(18,19)17-10-9-15(2,3)4/h6-8,11-12,16-17H,9-10H2,1-5H3. The quantitative estimate of drug-likeness (QED) is 0.849. The zero-order valence-electron chi connectivity index (χ0n) is 13.0. The molecule has 0 fully saturated rings. The Hall–Kier alpha value is -0.910. The van der Waals surface area contributed by atoms with Crippen molar-refractivity contribution in [3.8, 4) is 0 Å². The second-order valence-electron chi connectivity index (χ2n) is 6.29. The Morgan fingerprint density at radius 1 is 1.25 bits per heavy atom. The topological polar surface area (TPSA) is 58.2 Å². The highest BCUT2D eigenvalue weighted by Gasteiger charge is 2.17. The lowest BCUT2D eigenvalue weighted by Crippen LogP contribution is -2.27. The summed E-state index contributed by atoms with van der Waals surface area (Å²) >= 11 is 0. The van der Waals surface area contributed by atoms with Gasteiger partial charge in [-0.15, -0.1) is 0 Å². The van der Waals surface area contributed by atoms with Crippen LogP contribution in [0.1, 0.15) is 45.7 Å². The molecule has 114 valence electrons. The molecule has 1 unspecified atom stereocenters. The van der Waals surface area contributed by atoms with Crippen molar-refractivity contribution in [2.45, 2.75) is 45.1 Å². The maximum atomic E-state index is 12.2. The Balaban J connectivity index is 2.82. The summed E-state index contributed by atoms with van der Waals surface area (Å²) in [6.45, 7) is 8.74. The van der Waals surface area contributed by atoms with Gasteiger partial charge in [-0.2, -0.15) is 0 Å². The Morgan fingerprint density at radius 2 is 1.90 bits per heavy atom. The zero-order chi connectivity index (χ0) is 15.4. The molecule has 2 N–H and O–H groups in total. The molecule has 20 heavy (non-hydrogen) atoms. The fraction of sp³-hybridized carbons (Fsp3) is 0.600. The molecule has 0 aliphatic rings. The first-order valence-corrected chi connectivity index (χ1v) is 8.41. The molecule has 0 aromatic heterocycles. The highest BCUT2D eigenvalue weighted by molar-refractivity contribution is 7.89. The largest absolute Gasteiger partial charge is 0.313 e. The van der Waals surface area contributed by atoms with Gasteiger partial charge in [0.2, 0.25) is 10.0 Å². The predicted octanol–water partition coefficient (Wildman–Crippen LogP) is 2.68. The molecular formula is C15H26N2O2S. The molecule has 0 spiro atoms. The van der Waals surface area contributed by atoms with Crippen LogP contribution in [0, 0.1) is 5.41 Å². The molecule has 0 amide bonds. The summed E-state index contributed by atoms with van der Waals surface area (Å²) in [7, 11) is -1.57. The fourth-order valence-electron chi connectivity index (χ4n) is 1.76. The second kappa shape index (κ2) is 6.70. The van der Waals surface area contributed by atoms with Crippen molar-refractivity contribution in [2.75, 3.05) is 13.6 Å². The molecule has 4 nitrogen and oxygen atoms in total. The average Bonchev–Trinajstić information content (AvgIpc) is 2.36. The van der Waals surface area contributed by atoms with Gasteiger partial charge < -0.3 is 5.32 Å². The highest BCUT2D eigenvalue weighted by atomic mass is 32.2. The number of benzene rings is 1. The van der Waals surface area contributed by atoms with Gasteiger partial charge in [0.15, 0.2) is 0 Å². The van der Waals surface area contributed by atoms with Crippen molar-refractivity contribution in [2.24, 2.45) is 5.41 Å². The van der Waals surface area contributed by atoms with E-state index < -0.39 is 10.0 Å². The molecule has 0 saturated heterocycles. The normalized spacial score (nSPS) is 14.2. The van der Waals surface area contributed by atoms with Gasteiger partial charge in [-0.05, 0) is 43.5 Å². The van der Waals surface area contributed by atoms with Crippen molar-refractivity contribution in [1.29, 1.82) is 0 Å². The lowest BCUT2D eigenvalue weighted by Gasteiger charge is -2.18. The van der Waals surface area contributed by atoms with Crippen LogP contribution in [0.25, 0.3) is 0 Å². The molecule has 5 heteroatoms. The van der Waals surface area contributed by atoms with Gasteiger partial charge in [0.05, 0.1) is 4.90 Å². The van der Waals surface area contributed by atoms with Crippen LogP contribution in [-0.4, -0.2) is 22.0 Å². The van der Waals surface area contributed by atoms with Gasteiger partial charge in [0.25, 0.3) is 0 Å².